The van der Waals surface area contributed by atoms with Gasteiger partial charge in [0.15, 0.2) is 11.9 Å². The molecule has 1 aromatic rings. The number of hydrogen-bond donors (Lipinski definition) is 0. The first-order chi connectivity index (χ1) is 7.93. The van der Waals surface area contributed by atoms with Gasteiger partial charge in [-0.1, -0.05) is 5.92 Å². The number of carbonyl (C=O) groups is 1. The van der Waals surface area contributed by atoms with E-state index in [0.29, 0.717) is 23.3 Å². The van der Waals surface area contributed by atoms with Crippen molar-refractivity contribution in [2.24, 2.45) is 0 Å². The Balaban J connectivity index is 3.28. The fourth-order valence-electron chi connectivity index (χ4n) is 1.41. The summed E-state index contributed by atoms with van der Waals surface area (Å²) in [6.45, 7) is 5.42. The van der Waals surface area contributed by atoms with E-state index in [1.807, 2.05) is 6.92 Å². The second-order valence-corrected chi connectivity index (χ2v) is 4.25. The zero-order valence-corrected chi connectivity index (χ0v) is 10.5. The van der Waals surface area contributed by atoms with Crippen molar-refractivity contribution in [2.45, 2.75) is 26.4 Å². The normalized spacial score (nSPS) is 10.5. The number of methoxy groups -OCH3 is 1. The van der Waals surface area contributed by atoms with Crippen LogP contribution in [0, 0.1) is 19.3 Å². The van der Waals surface area contributed by atoms with Gasteiger partial charge in [0.05, 0.1) is 12.7 Å². The van der Waals surface area contributed by atoms with E-state index >= 15 is 0 Å². The molecule has 0 aliphatic carbocycles. The highest BCUT2D eigenvalue weighted by molar-refractivity contribution is 5.84. The number of benzene rings is 1. The molecule has 90 valence electrons. The van der Waals surface area contributed by atoms with Gasteiger partial charge in [0.1, 0.15) is 11.5 Å². The maximum Gasteiger partial charge on any atom is 0.163 e. The van der Waals surface area contributed by atoms with Crippen LogP contribution in [0.5, 0.6) is 11.5 Å². The minimum absolute atomic E-state index is 0.376. The molecular formula is C14H16O3. The van der Waals surface area contributed by atoms with Gasteiger partial charge in [-0.05, 0) is 38.5 Å². The Morgan fingerprint density at radius 3 is 2.41 bits per heavy atom. The Kier molecular flexibility index (Phi) is 3.80. The summed E-state index contributed by atoms with van der Waals surface area (Å²) < 4.78 is 10.8. The number of aryl methyl sites for hydroxylation is 1. The van der Waals surface area contributed by atoms with Crippen molar-refractivity contribution >= 4 is 6.29 Å². The maximum atomic E-state index is 11.1. The average molecular weight is 232 g/mol. The monoisotopic (exact) mass is 232 g/mol. The van der Waals surface area contributed by atoms with E-state index < -0.39 is 5.60 Å². The van der Waals surface area contributed by atoms with Crippen LogP contribution < -0.4 is 9.47 Å². The van der Waals surface area contributed by atoms with E-state index in [1.165, 1.54) is 7.11 Å². The quantitative estimate of drug-likeness (QED) is 0.591. The Bertz CT molecular complexity index is 467. The number of ether oxygens (including phenoxy) is 2. The minimum atomic E-state index is -0.767. The lowest BCUT2D eigenvalue weighted by Gasteiger charge is -2.22. The molecule has 1 rings (SSSR count). The van der Waals surface area contributed by atoms with Crippen molar-refractivity contribution in [3.8, 4) is 23.8 Å². The molecule has 0 aliphatic heterocycles. The zero-order chi connectivity index (χ0) is 13.1. The average Bonchev–Trinajstić information content (AvgIpc) is 2.27. The number of carbonyl (C=O) groups excluding carboxylic acids is 1. The number of aldehydes is 1. The van der Waals surface area contributed by atoms with E-state index in [9.17, 15) is 4.79 Å². The Morgan fingerprint density at radius 1 is 1.35 bits per heavy atom. The fourth-order valence-corrected chi connectivity index (χ4v) is 1.41. The summed E-state index contributed by atoms with van der Waals surface area (Å²) in [7, 11) is 1.51. The molecule has 0 aromatic heterocycles. The van der Waals surface area contributed by atoms with Crippen molar-refractivity contribution in [1.29, 1.82) is 0 Å². The Morgan fingerprint density at radius 2 is 1.94 bits per heavy atom. The molecule has 0 amide bonds. The molecule has 17 heavy (non-hydrogen) atoms. The fraction of sp³-hybridized carbons (Fsp3) is 0.357. The van der Waals surface area contributed by atoms with E-state index in [0.717, 1.165) is 5.56 Å². The van der Waals surface area contributed by atoms with Crippen LogP contribution in [-0.2, 0) is 0 Å². The van der Waals surface area contributed by atoms with Gasteiger partial charge in [0.25, 0.3) is 0 Å². The van der Waals surface area contributed by atoms with Crippen LogP contribution in [0.15, 0.2) is 12.1 Å². The predicted octanol–water partition coefficient (Wildman–Crippen LogP) is 2.61. The SMILES string of the molecule is C#CC(C)(C)Oc1cc(C)cc(OC)c1C=O. The van der Waals surface area contributed by atoms with Crippen molar-refractivity contribution in [1.82, 2.24) is 0 Å². The lowest BCUT2D eigenvalue weighted by Crippen LogP contribution is -2.26. The molecule has 0 fully saturated rings. The third-order valence-corrected chi connectivity index (χ3v) is 2.30. The van der Waals surface area contributed by atoms with Crippen LogP contribution in [0.3, 0.4) is 0 Å². The van der Waals surface area contributed by atoms with Gasteiger partial charge in [-0.15, -0.1) is 6.42 Å². The summed E-state index contributed by atoms with van der Waals surface area (Å²) in [6, 6.07) is 3.55. The van der Waals surface area contributed by atoms with Crippen LogP contribution in [0.1, 0.15) is 29.8 Å². The predicted molar refractivity (Wildman–Crippen MR) is 66.7 cm³/mol. The lowest BCUT2D eigenvalue weighted by atomic mass is 10.1. The molecule has 0 saturated carbocycles. The minimum Gasteiger partial charge on any atom is -0.496 e. The van der Waals surface area contributed by atoms with Crippen LogP contribution in [0.2, 0.25) is 0 Å². The topological polar surface area (TPSA) is 35.5 Å². The highest BCUT2D eigenvalue weighted by atomic mass is 16.5. The van der Waals surface area contributed by atoms with E-state index in [4.69, 9.17) is 15.9 Å². The van der Waals surface area contributed by atoms with Gasteiger partial charge in [0.2, 0.25) is 0 Å². The van der Waals surface area contributed by atoms with Crippen LogP contribution in [0.4, 0.5) is 0 Å². The molecule has 0 aliphatic rings. The molecule has 1 aromatic carbocycles. The summed E-state index contributed by atoms with van der Waals surface area (Å²) in [5, 5.41) is 0. The summed E-state index contributed by atoms with van der Waals surface area (Å²) in [5.74, 6) is 3.45. The summed E-state index contributed by atoms with van der Waals surface area (Å²) in [5.41, 5.74) is 0.549. The molecular weight excluding hydrogens is 216 g/mol. The standard InChI is InChI=1S/C14H16O3/c1-6-14(3,4)17-13-8-10(2)7-12(16-5)11(13)9-15/h1,7-9H,2-5H3. The molecule has 0 N–H and O–H groups in total. The van der Waals surface area contributed by atoms with E-state index in [2.05, 4.69) is 5.92 Å². The molecule has 3 heteroatoms. The zero-order valence-electron chi connectivity index (χ0n) is 10.5. The maximum absolute atomic E-state index is 11.1. The largest absolute Gasteiger partial charge is 0.496 e. The van der Waals surface area contributed by atoms with Gasteiger partial charge >= 0.3 is 0 Å². The Labute approximate surface area is 102 Å². The lowest BCUT2D eigenvalue weighted by molar-refractivity contribution is 0.110. The molecule has 0 atom stereocenters. The van der Waals surface area contributed by atoms with Crippen molar-refractivity contribution in [3.05, 3.63) is 23.3 Å². The van der Waals surface area contributed by atoms with Gasteiger partial charge in [-0.25, -0.2) is 0 Å². The van der Waals surface area contributed by atoms with Gasteiger partial charge < -0.3 is 9.47 Å². The molecule has 0 unspecified atom stereocenters. The first-order valence-corrected chi connectivity index (χ1v) is 5.24. The molecule has 0 bridgehead atoms. The van der Waals surface area contributed by atoms with Crippen LogP contribution in [-0.4, -0.2) is 19.0 Å². The van der Waals surface area contributed by atoms with Crippen molar-refractivity contribution in [3.63, 3.8) is 0 Å². The first kappa shape index (κ1) is 13.1. The molecule has 0 saturated heterocycles. The molecule has 0 radical (unpaired) electrons. The smallest absolute Gasteiger partial charge is 0.163 e. The van der Waals surface area contributed by atoms with Gasteiger partial charge in [-0.2, -0.15) is 0 Å². The highest BCUT2D eigenvalue weighted by Crippen LogP contribution is 2.31. The van der Waals surface area contributed by atoms with Crippen LogP contribution in [0.25, 0.3) is 0 Å². The third-order valence-electron chi connectivity index (χ3n) is 2.30. The second kappa shape index (κ2) is 4.92. The van der Waals surface area contributed by atoms with E-state index in [1.54, 1.807) is 26.0 Å². The summed E-state index contributed by atoms with van der Waals surface area (Å²) in [6.07, 6.45) is 6.07. The molecule has 0 heterocycles. The molecule has 3 nitrogen and oxygen atoms in total. The Hall–Kier alpha value is -1.95. The summed E-state index contributed by atoms with van der Waals surface area (Å²) >= 11 is 0. The number of hydrogen-bond acceptors (Lipinski definition) is 3. The highest BCUT2D eigenvalue weighted by Gasteiger charge is 2.20. The summed E-state index contributed by atoms with van der Waals surface area (Å²) in [4.78, 5) is 11.1. The third kappa shape index (κ3) is 3.01. The van der Waals surface area contributed by atoms with Gasteiger partial charge in [0, 0.05) is 0 Å². The van der Waals surface area contributed by atoms with E-state index in [-0.39, 0.29) is 0 Å². The second-order valence-electron chi connectivity index (χ2n) is 4.25. The number of terminal acetylenes is 1. The first-order valence-electron chi connectivity index (χ1n) is 5.24. The van der Waals surface area contributed by atoms with Crippen molar-refractivity contribution in [2.75, 3.05) is 7.11 Å². The van der Waals surface area contributed by atoms with Gasteiger partial charge in [-0.3, -0.25) is 4.79 Å². The van der Waals surface area contributed by atoms with Crippen LogP contribution >= 0.6 is 0 Å². The van der Waals surface area contributed by atoms with Crippen molar-refractivity contribution < 1.29 is 14.3 Å². The molecule has 0 spiro atoms. The number of rotatable bonds is 4.